The number of halogens is 1. The molecule has 0 saturated carbocycles. The Morgan fingerprint density at radius 1 is 1.31 bits per heavy atom. The zero-order valence-electron chi connectivity index (χ0n) is 14.6. The highest BCUT2D eigenvalue weighted by Gasteiger charge is 2.23. The fraction of sp³-hybridized carbons (Fsp3) is 0.333. The number of nitrogens with two attached hydrogens (primary N) is 1. The molecule has 4 N–H and O–H groups in total. The summed E-state index contributed by atoms with van der Waals surface area (Å²) in [5.41, 5.74) is 6.43. The minimum atomic E-state index is -0.569. The van der Waals surface area contributed by atoms with Crippen molar-refractivity contribution in [3.63, 3.8) is 0 Å². The Kier molecular flexibility index (Phi) is 7.31. The number of carbonyl (C=O) groups excluding carboxylic acids is 1. The molecule has 1 aromatic carbocycles. The molecule has 3 rings (SSSR count). The summed E-state index contributed by atoms with van der Waals surface area (Å²) in [4.78, 5) is 17.7. The van der Waals surface area contributed by atoms with Gasteiger partial charge in [0.2, 0.25) is 0 Å². The number of para-hydroxylation sites is 1. The molecule has 1 fully saturated rings. The number of benzene rings is 1. The number of carbonyl (C=O) groups is 1. The molecule has 1 saturated heterocycles. The van der Waals surface area contributed by atoms with Crippen molar-refractivity contribution in [2.75, 3.05) is 25.0 Å². The number of hydrogen-bond acceptors (Lipinski definition) is 4. The van der Waals surface area contributed by atoms with Crippen LogP contribution in [0.1, 0.15) is 22.7 Å². The highest BCUT2D eigenvalue weighted by atomic mass is 127. The molecule has 1 aliphatic rings. The number of anilines is 1. The lowest BCUT2D eigenvalue weighted by Crippen LogP contribution is -2.44. The Labute approximate surface area is 170 Å². The van der Waals surface area contributed by atoms with Crippen LogP contribution in [-0.2, 0) is 6.54 Å². The fourth-order valence-corrected chi connectivity index (χ4v) is 2.92. The van der Waals surface area contributed by atoms with Gasteiger partial charge in [0, 0.05) is 31.9 Å². The topological polar surface area (TPSA) is 95.9 Å². The largest absolute Gasteiger partial charge is 0.454 e. The summed E-state index contributed by atoms with van der Waals surface area (Å²) < 4.78 is 5.36. The van der Waals surface area contributed by atoms with Crippen molar-refractivity contribution in [2.24, 2.45) is 10.7 Å². The van der Waals surface area contributed by atoms with Gasteiger partial charge in [0.15, 0.2) is 11.7 Å². The molecule has 1 unspecified atom stereocenters. The van der Waals surface area contributed by atoms with Crippen LogP contribution in [-0.4, -0.2) is 38.0 Å². The predicted octanol–water partition coefficient (Wildman–Crippen LogP) is 1.94. The van der Waals surface area contributed by atoms with Gasteiger partial charge in [-0.2, -0.15) is 0 Å². The lowest BCUT2D eigenvalue weighted by molar-refractivity contribution is 0.0972. The summed E-state index contributed by atoms with van der Waals surface area (Å²) >= 11 is 0. The number of rotatable bonds is 5. The van der Waals surface area contributed by atoms with Gasteiger partial charge >= 0.3 is 0 Å². The van der Waals surface area contributed by atoms with Crippen LogP contribution in [0.15, 0.2) is 51.9 Å². The number of primary amides is 1. The first-order chi connectivity index (χ1) is 12.2. The molecule has 1 aromatic heterocycles. The van der Waals surface area contributed by atoms with E-state index in [2.05, 4.69) is 44.8 Å². The maximum Gasteiger partial charge on any atom is 0.284 e. The third kappa shape index (κ3) is 5.13. The lowest BCUT2D eigenvalue weighted by Gasteiger charge is -2.20. The Morgan fingerprint density at radius 3 is 2.73 bits per heavy atom. The average molecular weight is 469 g/mol. The third-order valence-corrected chi connectivity index (χ3v) is 4.21. The van der Waals surface area contributed by atoms with E-state index in [-0.39, 0.29) is 29.7 Å². The molecule has 1 atom stereocenters. The second-order valence-corrected chi connectivity index (χ2v) is 5.97. The van der Waals surface area contributed by atoms with Crippen LogP contribution in [0.2, 0.25) is 0 Å². The van der Waals surface area contributed by atoms with E-state index in [0.29, 0.717) is 24.3 Å². The molecule has 2 heterocycles. The number of nitrogens with one attached hydrogen (secondary N) is 2. The van der Waals surface area contributed by atoms with Gasteiger partial charge in [-0.25, -0.2) is 0 Å². The van der Waals surface area contributed by atoms with Crippen molar-refractivity contribution in [2.45, 2.75) is 19.0 Å². The maximum absolute atomic E-state index is 11.1. The fourth-order valence-electron chi connectivity index (χ4n) is 2.92. The standard InChI is InChI=1S/C18H23N5O2.HI/c1-20-18(21-11-15-7-8-16(25-15)17(19)24)22-13-9-10-23(12-13)14-5-3-2-4-6-14;/h2-8,13H,9-12H2,1H3,(H2,19,24)(H2,20,21,22);1H. The van der Waals surface area contributed by atoms with Gasteiger partial charge in [0.25, 0.3) is 5.91 Å². The molecular formula is C18H24IN5O2. The van der Waals surface area contributed by atoms with E-state index in [4.69, 9.17) is 10.2 Å². The zero-order chi connectivity index (χ0) is 17.6. The van der Waals surface area contributed by atoms with E-state index in [9.17, 15) is 4.79 Å². The summed E-state index contributed by atoms with van der Waals surface area (Å²) in [6, 6.07) is 14.0. The molecule has 140 valence electrons. The van der Waals surface area contributed by atoms with Crippen molar-refractivity contribution < 1.29 is 9.21 Å². The minimum Gasteiger partial charge on any atom is -0.454 e. The molecule has 26 heavy (non-hydrogen) atoms. The van der Waals surface area contributed by atoms with Crippen molar-refractivity contribution in [3.05, 3.63) is 54.0 Å². The average Bonchev–Trinajstić information content (AvgIpc) is 3.29. The summed E-state index contributed by atoms with van der Waals surface area (Å²) in [6.45, 7) is 2.37. The van der Waals surface area contributed by atoms with Gasteiger partial charge < -0.3 is 25.7 Å². The van der Waals surface area contributed by atoms with Gasteiger partial charge in [-0.1, -0.05) is 18.2 Å². The normalized spacial score (nSPS) is 16.9. The molecule has 2 aromatic rings. The highest BCUT2D eigenvalue weighted by Crippen LogP contribution is 2.19. The second-order valence-electron chi connectivity index (χ2n) is 5.97. The molecule has 1 amide bonds. The van der Waals surface area contributed by atoms with E-state index in [1.165, 1.54) is 5.69 Å². The van der Waals surface area contributed by atoms with E-state index >= 15 is 0 Å². The first kappa shape index (κ1) is 20.1. The van der Waals surface area contributed by atoms with Crippen molar-refractivity contribution in [1.29, 1.82) is 0 Å². The van der Waals surface area contributed by atoms with Gasteiger partial charge in [-0.15, -0.1) is 24.0 Å². The lowest BCUT2D eigenvalue weighted by atomic mass is 10.3. The van der Waals surface area contributed by atoms with Crippen LogP contribution < -0.4 is 21.3 Å². The number of hydrogen-bond donors (Lipinski definition) is 3. The van der Waals surface area contributed by atoms with Gasteiger partial charge in [0.1, 0.15) is 5.76 Å². The molecule has 0 spiro atoms. The van der Waals surface area contributed by atoms with E-state index in [1.807, 2.05) is 6.07 Å². The molecule has 0 radical (unpaired) electrons. The summed E-state index contributed by atoms with van der Waals surface area (Å²) in [7, 11) is 1.73. The number of amides is 1. The monoisotopic (exact) mass is 469 g/mol. The van der Waals surface area contributed by atoms with Crippen LogP contribution in [0.25, 0.3) is 0 Å². The Hall–Kier alpha value is -2.23. The maximum atomic E-state index is 11.1. The summed E-state index contributed by atoms with van der Waals surface area (Å²) in [5.74, 6) is 0.931. The third-order valence-electron chi connectivity index (χ3n) is 4.21. The smallest absolute Gasteiger partial charge is 0.284 e. The van der Waals surface area contributed by atoms with Gasteiger partial charge in [-0.05, 0) is 30.7 Å². The zero-order valence-corrected chi connectivity index (χ0v) is 17.0. The number of aliphatic imine (C=N–C) groups is 1. The Balaban J connectivity index is 0.00000243. The van der Waals surface area contributed by atoms with Crippen LogP contribution in [0.5, 0.6) is 0 Å². The van der Waals surface area contributed by atoms with Gasteiger partial charge in [0.05, 0.1) is 6.54 Å². The minimum absolute atomic E-state index is 0. The van der Waals surface area contributed by atoms with Gasteiger partial charge in [-0.3, -0.25) is 9.79 Å². The SMILES string of the molecule is CN=C(NCc1ccc(C(N)=O)o1)NC1CCN(c2ccccc2)C1.I. The van der Waals surface area contributed by atoms with E-state index < -0.39 is 5.91 Å². The molecule has 0 aliphatic carbocycles. The molecule has 8 heteroatoms. The molecule has 7 nitrogen and oxygen atoms in total. The van der Waals surface area contributed by atoms with Crippen molar-refractivity contribution >= 4 is 41.5 Å². The van der Waals surface area contributed by atoms with E-state index in [0.717, 1.165) is 19.5 Å². The molecule has 0 bridgehead atoms. The highest BCUT2D eigenvalue weighted by molar-refractivity contribution is 14.0. The second kappa shape index (κ2) is 9.46. The Bertz CT molecular complexity index is 747. The number of nitrogens with zero attached hydrogens (tertiary/aromatic N) is 2. The predicted molar refractivity (Wildman–Crippen MR) is 113 cm³/mol. The van der Waals surface area contributed by atoms with Crippen molar-refractivity contribution in [1.82, 2.24) is 10.6 Å². The molecular weight excluding hydrogens is 445 g/mol. The number of furan rings is 1. The summed E-state index contributed by atoms with van der Waals surface area (Å²) in [6.07, 6.45) is 1.04. The van der Waals surface area contributed by atoms with Crippen LogP contribution in [0, 0.1) is 0 Å². The summed E-state index contributed by atoms with van der Waals surface area (Å²) in [5, 5.41) is 6.62. The van der Waals surface area contributed by atoms with E-state index in [1.54, 1.807) is 19.2 Å². The van der Waals surface area contributed by atoms with Crippen LogP contribution in [0.4, 0.5) is 5.69 Å². The first-order valence-electron chi connectivity index (χ1n) is 8.31. The van der Waals surface area contributed by atoms with Crippen LogP contribution >= 0.6 is 24.0 Å². The first-order valence-corrected chi connectivity index (χ1v) is 8.31. The Morgan fingerprint density at radius 2 is 2.08 bits per heavy atom. The van der Waals surface area contributed by atoms with Crippen LogP contribution in [0.3, 0.4) is 0 Å². The molecule has 1 aliphatic heterocycles. The van der Waals surface area contributed by atoms with Crippen molar-refractivity contribution in [3.8, 4) is 0 Å². The quantitative estimate of drug-likeness (QED) is 0.354. The number of guanidine groups is 1.